The van der Waals surface area contributed by atoms with Gasteiger partial charge in [-0.15, -0.1) is 0 Å². The maximum absolute atomic E-state index is 5.63. The van der Waals surface area contributed by atoms with E-state index in [1.807, 2.05) is 7.11 Å². The van der Waals surface area contributed by atoms with E-state index in [2.05, 4.69) is 29.6 Å². The van der Waals surface area contributed by atoms with Crippen LogP contribution in [-0.4, -0.2) is 25.8 Å². The van der Waals surface area contributed by atoms with Gasteiger partial charge in [-0.2, -0.15) is 0 Å². The van der Waals surface area contributed by atoms with Gasteiger partial charge in [-0.05, 0) is 29.9 Å². The van der Waals surface area contributed by atoms with Gasteiger partial charge in [0.2, 0.25) is 0 Å². The summed E-state index contributed by atoms with van der Waals surface area (Å²) in [6.45, 7) is 1.97. The molecule has 2 fully saturated rings. The Morgan fingerprint density at radius 3 is 2.75 bits per heavy atom. The van der Waals surface area contributed by atoms with Crippen molar-refractivity contribution in [3.8, 4) is 0 Å². The largest absolute Gasteiger partial charge is 0.375 e. The number of nitrogens with one attached hydrogen (secondary N) is 1. The Labute approximate surface area is 97.0 Å². The summed E-state index contributed by atoms with van der Waals surface area (Å²) in [5, 5.41) is 3.30. The van der Waals surface area contributed by atoms with E-state index in [-0.39, 0.29) is 5.60 Å². The molecule has 2 heteroatoms. The Hall–Kier alpha value is -0.860. The molecule has 1 aromatic rings. The normalized spacial score (nSPS) is 22.8. The molecule has 86 valence electrons. The van der Waals surface area contributed by atoms with Crippen LogP contribution < -0.4 is 5.32 Å². The molecular formula is C14H19NO. The van der Waals surface area contributed by atoms with Crippen molar-refractivity contribution in [2.75, 3.05) is 20.2 Å². The topological polar surface area (TPSA) is 21.3 Å². The van der Waals surface area contributed by atoms with E-state index in [4.69, 9.17) is 4.74 Å². The van der Waals surface area contributed by atoms with Crippen LogP contribution in [0.4, 0.5) is 0 Å². The number of hydrogen-bond donors (Lipinski definition) is 1. The van der Waals surface area contributed by atoms with Crippen LogP contribution in [0, 0.1) is 0 Å². The second kappa shape index (κ2) is 3.86. The fourth-order valence-corrected chi connectivity index (χ4v) is 2.49. The second-order valence-electron chi connectivity index (χ2n) is 5.19. The van der Waals surface area contributed by atoms with Crippen LogP contribution in [0.1, 0.15) is 29.9 Å². The highest BCUT2D eigenvalue weighted by atomic mass is 16.5. The van der Waals surface area contributed by atoms with E-state index in [0.717, 1.165) is 25.4 Å². The fraction of sp³-hybridized carbons (Fsp3) is 0.571. The van der Waals surface area contributed by atoms with Crippen molar-refractivity contribution in [2.24, 2.45) is 0 Å². The van der Waals surface area contributed by atoms with Gasteiger partial charge in [0.05, 0.1) is 5.60 Å². The summed E-state index contributed by atoms with van der Waals surface area (Å²) >= 11 is 0. The van der Waals surface area contributed by atoms with Crippen LogP contribution in [-0.2, 0) is 11.2 Å². The molecule has 2 nitrogen and oxygen atoms in total. The second-order valence-corrected chi connectivity index (χ2v) is 5.19. The van der Waals surface area contributed by atoms with Crippen LogP contribution >= 0.6 is 0 Å². The first-order valence-electron chi connectivity index (χ1n) is 6.16. The van der Waals surface area contributed by atoms with E-state index in [1.54, 1.807) is 0 Å². The molecule has 0 unspecified atom stereocenters. The van der Waals surface area contributed by atoms with Crippen molar-refractivity contribution in [1.29, 1.82) is 0 Å². The molecule has 0 radical (unpaired) electrons. The molecule has 0 amide bonds. The smallest absolute Gasteiger partial charge is 0.0966 e. The monoisotopic (exact) mass is 217 g/mol. The first-order valence-corrected chi connectivity index (χ1v) is 6.16. The van der Waals surface area contributed by atoms with E-state index in [9.17, 15) is 0 Å². The third-order valence-electron chi connectivity index (χ3n) is 3.85. The SMILES string of the molecule is COC1(Cc2cccc(C3CC3)c2)CNC1. The minimum Gasteiger partial charge on any atom is -0.375 e. The minimum absolute atomic E-state index is 0.0577. The summed E-state index contributed by atoms with van der Waals surface area (Å²) in [5.41, 5.74) is 3.01. The Kier molecular flexibility index (Phi) is 2.49. The lowest BCUT2D eigenvalue weighted by Crippen LogP contribution is -2.61. The van der Waals surface area contributed by atoms with E-state index >= 15 is 0 Å². The quantitative estimate of drug-likeness (QED) is 0.834. The highest BCUT2D eigenvalue weighted by Crippen LogP contribution is 2.40. The zero-order chi connectivity index (χ0) is 11.0. The lowest BCUT2D eigenvalue weighted by Gasteiger charge is -2.41. The van der Waals surface area contributed by atoms with E-state index in [1.165, 1.54) is 24.0 Å². The Morgan fingerprint density at radius 1 is 1.38 bits per heavy atom. The van der Waals surface area contributed by atoms with Crippen molar-refractivity contribution < 1.29 is 4.74 Å². The average molecular weight is 217 g/mol. The number of benzene rings is 1. The van der Waals surface area contributed by atoms with Gasteiger partial charge in [-0.25, -0.2) is 0 Å². The van der Waals surface area contributed by atoms with Crippen molar-refractivity contribution in [3.05, 3.63) is 35.4 Å². The predicted octanol–water partition coefficient (Wildman–Crippen LogP) is 2.09. The number of hydrogen-bond acceptors (Lipinski definition) is 2. The van der Waals surface area contributed by atoms with Crippen LogP contribution in [0.5, 0.6) is 0 Å². The van der Waals surface area contributed by atoms with Crippen LogP contribution in [0.2, 0.25) is 0 Å². The van der Waals surface area contributed by atoms with Crippen LogP contribution in [0.3, 0.4) is 0 Å². The molecule has 1 aromatic carbocycles. The average Bonchev–Trinajstić information content (AvgIpc) is 3.08. The van der Waals surface area contributed by atoms with Gasteiger partial charge in [0, 0.05) is 26.6 Å². The third kappa shape index (κ3) is 1.87. The van der Waals surface area contributed by atoms with Gasteiger partial charge in [-0.3, -0.25) is 0 Å². The highest BCUT2D eigenvalue weighted by Gasteiger charge is 2.37. The van der Waals surface area contributed by atoms with Crippen molar-refractivity contribution in [3.63, 3.8) is 0 Å². The molecule has 1 N–H and O–H groups in total. The van der Waals surface area contributed by atoms with E-state index in [0.29, 0.717) is 0 Å². The number of ether oxygens (including phenoxy) is 1. The van der Waals surface area contributed by atoms with E-state index < -0.39 is 0 Å². The molecule has 1 aliphatic heterocycles. The van der Waals surface area contributed by atoms with Crippen molar-refractivity contribution >= 4 is 0 Å². The molecule has 0 atom stereocenters. The lowest BCUT2D eigenvalue weighted by atomic mass is 9.88. The highest BCUT2D eigenvalue weighted by molar-refractivity contribution is 5.30. The molecule has 0 spiro atoms. The molecule has 16 heavy (non-hydrogen) atoms. The summed E-state index contributed by atoms with van der Waals surface area (Å²) in [6, 6.07) is 9.06. The van der Waals surface area contributed by atoms with Crippen LogP contribution in [0.25, 0.3) is 0 Å². The van der Waals surface area contributed by atoms with Gasteiger partial charge in [0.15, 0.2) is 0 Å². The Morgan fingerprint density at radius 2 is 2.19 bits per heavy atom. The molecule has 0 aromatic heterocycles. The third-order valence-corrected chi connectivity index (χ3v) is 3.85. The molecule has 1 saturated carbocycles. The van der Waals surface area contributed by atoms with Gasteiger partial charge in [0.1, 0.15) is 0 Å². The fourth-order valence-electron chi connectivity index (χ4n) is 2.49. The van der Waals surface area contributed by atoms with Gasteiger partial charge in [0.25, 0.3) is 0 Å². The molecule has 1 aliphatic carbocycles. The minimum atomic E-state index is 0.0577. The summed E-state index contributed by atoms with van der Waals surface area (Å²) in [7, 11) is 1.82. The van der Waals surface area contributed by atoms with Crippen molar-refractivity contribution in [1.82, 2.24) is 5.32 Å². The molecule has 0 bridgehead atoms. The zero-order valence-corrected chi connectivity index (χ0v) is 9.83. The van der Waals surface area contributed by atoms with Gasteiger partial charge >= 0.3 is 0 Å². The number of rotatable bonds is 4. The van der Waals surface area contributed by atoms with Gasteiger partial charge in [-0.1, -0.05) is 24.3 Å². The summed E-state index contributed by atoms with van der Waals surface area (Å²) < 4.78 is 5.63. The Balaban J connectivity index is 1.75. The Bertz CT molecular complexity index is 375. The van der Waals surface area contributed by atoms with Crippen molar-refractivity contribution in [2.45, 2.75) is 30.8 Å². The summed E-state index contributed by atoms with van der Waals surface area (Å²) in [4.78, 5) is 0. The predicted molar refractivity (Wildman–Crippen MR) is 64.7 cm³/mol. The van der Waals surface area contributed by atoms with Crippen LogP contribution in [0.15, 0.2) is 24.3 Å². The zero-order valence-electron chi connectivity index (χ0n) is 9.83. The lowest BCUT2D eigenvalue weighted by molar-refractivity contribution is -0.0502. The molecular weight excluding hydrogens is 198 g/mol. The maximum atomic E-state index is 5.63. The maximum Gasteiger partial charge on any atom is 0.0966 e. The molecule has 1 saturated heterocycles. The first-order chi connectivity index (χ1) is 7.81. The standard InChI is InChI=1S/C14H19NO/c1-16-14(9-15-10-14)8-11-3-2-4-13(7-11)12-5-6-12/h2-4,7,12,15H,5-6,8-10H2,1H3. The first kappa shape index (κ1) is 10.3. The molecule has 3 rings (SSSR count). The molecule has 1 heterocycles. The summed E-state index contributed by atoms with van der Waals surface area (Å²) in [5.74, 6) is 0.845. The number of methoxy groups -OCH3 is 1. The molecule has 2 aliphatic rings. The van der Waals surface area contributed by atoms with Gasteiger partial charge < -0.3 is 10.1 Å². The summed E-state index contributed by atoms with van der Waals surface area (Å²) in [6.07, 6.45) is 3.79.